The number of aromatic nitrogens is 2. The third-order valence-electron chi connectivity index (χ3n) is 5.77. The molecule has 1 aliphatic rings. The van der Waals surface area contributed by atoms with E-state index in [4.69, 9.17) is 0 Å². The largest absolute Gasteiger partial charge is 0.341 e. The topological polar surface area (TPSA) is 84.3 Å². The molecule has 1 aromatic carbocycles. The Morgan fingerprint density at radius 2 is 1.88 bits per heavy atom. The summed E-state index contributed by atoms with van der Waals surface area (Å²) in [6, 6.07) is 3.27. The zero-order valence-corrected chi connectivity index (χ0v) is 18.5. The summed E-state index contributed by atoms with van der Waals surface area (Å²) in [7, 11) is 0. The molecule has 2 amide bonds. The molecule has 1 saturated heterocycles. The van der Waals surface area contributed by atoms with E-state index in [-0.39, 0.29) is 22.7 Å². The number of fused-ring (bicyclic) bond motifs is 1. The Bertz CT molecular complexity index is 1240. The van der Waals surface area contributed by atoms with E-state index < -0.39 is 28.8 Å². The number of rotatable bonds is 4. The van der Waals surface area contributed by atoms with Gasteiger partial charge in [0.25, 0.3) is 11.5 Å². The lowest BCUT2D eigenvalue weighted by molar-refractivity contribution is -0.133. The van der Waals surface area contributed by atoms with E-state index in [0.717, 1.165) is 36.3 Å². The van der Waals surface area contributed by atoms with Gasteiger partial charge in [0.05, 0.1) is 16.6 Å². The molecule has 10 heteroatoms. The highest BCUT2D eigenvalue weighted by atomic mass is 32.1. The fourth-order valence-corrected chi connectivity index (χ4v) is 4.81. The first-order valence-corrected chi connectivity index (χ1v) is 11.1. The van der Waals surface area contributed by atoms with Gasteiger partial charge in [0.2, 0.25) is 5.91 Å². The summed E-state index contributed by atoms with van der Waals surface area (Å²) in [5, 5.41) is 2.45. The first-order valence-electron chi connectivity index (χ1n) is 10.3. The number of carbonyl (C=O) groups excluding carboxylic acids is 2. The molecule has 0 radical (unpaired) electrons. The van der Waals surface area contributed by atoms with Crippen LogP contribution in [0.4, 0.5) is 14.5 Å². The molecule has 2 aromatic heterocycles. The highest BCUT2D eigenvalue weighted by Crippen LogP contribution is 2.28. The van der Waals surface area contributed by atoms with Crippen LogP contribution < -0.4 is 10.9 Å². The minimum absolute atomic E-state index is 0.126. The van der Waals surface area contributed by atoms with E-state index in [0.29, 0.717) is 29.4 Å². The van der Waals surface area contributed by atoms with Gasteiger partial charge in [-0.3, -0.25) is 19.0 Å². The molecule has 1 aliphatic heterocycles. The van der Waals surface area contributed by atoms with Crippen LogP contribution in [0.15, 0.2) is 29.3 Å². The van der Waals surface area contributed by atoms with Gasteiger partial charge in [0, 0.05) is 13.1 Å². The lowest BCUT2D eigenvalue weighted by Gasteiger charge is -2.30. The zero-order valence-electron chi connectivity index (χ0n) is 17.7. The number of aryl methyl sites for hydroxylation is 1. The van der Waals surface area contributed by atoms with Gasteiger partial charge in [0.1, 0.15) is 28.7 Å². The quantitative estimate of drug-likeness (QED) is 0.645. The van der Waals surface area contributed by atoms with E-state index in [1.807, 2.05) is 0 Å². The molecule has 168 valence electrons. The van der Waals surface area contributed by atoms with Crippen LogP contribution in [0.2, 0.25) is 0 Å². The maximum absolute atomic E-state index is 13.9. The normalized spacial score (nSPS) is 14.7. The summed E-state index contributed by atoms with van der Waals surface area (Å²) < 4.78 is 29.0. The molecule has 3 aromatic rings. The molecule has 0 bridgehead atoms. The fourth-order valence-electron chi connectivity index (χ4n) is 3.78. The van der Waals surface area contributed by atoms with Crippen molar-refractivity contribution in [2.45, 2.75) is 33.2 Å². The van der Waals surface area contributed by atoms with Crippen molar-refractivity contribution in [2.75, 3.05) is 18.4 Å². The Morgan fingerprint density at radius 1 is 1.22 bits per heavy atom. The number of halogens is 2. The lowest BCUT2D eigenvalue weighted by Crippen LogP contribution is -2.41. The van der Waals surface area contributed by atoms with Gasteiger partial charge < -0.3 is 10.2 Å². The summed E-state index contributed by atoms with van der Waals surface area (Å²) >= 11 is 0.956. The SMILES string of the molecule is Cc1c(C(=O)Nc2c(F)cccc2F)sc2ncn(CC(=O)N3CCC(C)CC3)c(=O)c12. The van der Waals surface area contributed by atoms with Crippen LogP contribution in [-0.2, 0) is 11.3 Å². The Balaban J connectivity index is 1.60. The molecule has 1 N–H and O–H groups in total. The molecule has 32 heavy (non-hydrogen) atoms. The monoisotopic (exact) mass is 460 g/mol. The summed E-state index contributed by atoms with van der Waals surface area (Å²) in [5.41, 5.74) is -0.634. The van der Waals surface area contributed by atoms with Gasteiger partial charge in [-0.05, 0) is 43.4 Å². The second-order valence-electron chi connectivity index (χ2n) is 8.03. The van der Waals surface area contributed by atoms with Gasteiger partial charge >= 0.3 is 0 Å². The highest BCUT2D eigenvalue weighted by Gasteiger charge is 2.24. The molecule has 0 unspecified atom stereocenters. The molecule has 4 rings (SSSR count). The predicted octanol–water partition coefficient (Wildman–Crippen LogP) is 3.56. The average molecular weight is 461 g/mol. The number of hydrogen-bond donors (Lipinski definition) is 1. The molecule has 0 saturated carbocycles. The minimum atomic E-state index is -0.900. The van der Waals surface area contributed by atoms with Gasteiger partial charge in [0.15, 0.2) is 0 Å². The maximum Gasteiger partial charge on any atom is 0.266 e. The van der Waals surface area contributed by atoms with Crippen molar-refractivity contribution in [3.05, 3.63) is 57.0 Å². The number of nitrogens with zero attached hydrogens (tertiary/aromatic N) is 3. The van der Waals surface area contributed by atoms with Crippen molar-refractivity contribution < 1.29 is 18.4 Å². The Morgan fingerprint density at radius 3 is 2.53 bits per heavy atom. The number of anilines is 1. The summed E-state index contributed by atoms with van der Waals surface area (Å²) in [6.07, 6.45) is 3.16. The summed E-state index contributed by atoms with van der Waals surface area (Å²) in [6.45, 7) is 4.93. The second kappa shape index (κ2) is 8.78. The van der Waals surface area contributed by atoms with Crippen molar-refractivity contribution in [3.63, 3.8) is 0 Å². The molecule has 0 aliphatic carbocycles. The number of hydrogen-bond acceptors (Lipinski definition) is 5. The molecule has 0 atom stereocenters. The number of likely N-dealkylation sites (tertiary alicyclic amines) is 1. The van der Waals surface area contributed by atoms with Crippen molar-refractivity contribution in [3.8, 4) is 0 Å². The standard InChI is InChI=1S/C22H22F2N4O3S/c1-12-6-8-27(9-7-12)16(29)10-28-11-25-21-17(22(28)31)13(2)19(32-21)20(30)26-18-14(23)4-3-5-15(18)24/h3-5,11-12H,6-10H2,1-2H3,(H,26,30). The van der Waals surface area contributed by atoms with E-state index in [2.05, 4.69) is 17.2 Å². The van der Waals surface area contributed by atoms with Crippen molar-refractivity contribution in [2.24, 2.45) is 5.92 Å². The van der Waals surface area contributed by atoms with E-state index in [9.17, 15) is 23.2 Å². The van der Waals surface area contributed by atoms with Crippen LogP contribution in [0.25, 0.3) is 10.2 Å². The fraction of sp³-hybridized carbons (Fsp3) is 0.364. The van der Waals surface area contributed by atoms with E-state index in [1.54, 1.807) is 11.8 Å². The van der Waals surface area contributed by atoms with Crippen molar-refractivity contribution in [1.29, 1.82) is 0 Å². The zero-order chi connectivity index (χ0) is 23.0. The van der Waals surface area contributed by atoms with Gasteiger partial charge in [-0.1, -0.05) is 13.0 Å². The number of amides is 2. The van der Waals surface area contributed by atoms with Crippen LogP contribution in [-0.4, -0.2) is 39.4 Å². The number of para-hydroxylation sites is 1. The predicted molar refractivity (Wildman–Crippen MR) is 118 cm³/mol. The molecule has 0 spiro atoms. The number of thiophene rings is 1. The van der Waals surface area contributed by atoms with Gasteiger partial charge in [-0.15, -0.1) is 11.3 Å². The smallest absolute Gasteiger partial charge is 0.266 e. The number of benzene rings is 1. The lowest BCUT2D eigenvalue weighted by atomic mass is 9.99. The molecular weight excluding hydrogens is 438 g/mol. The minimum Gasteiger partial charge on any atom is -0.341 e. The molecule has 3 heterocycles. The van der Waals surface area contributed by atoms with E-state index >= 15 is 0 Å². The third-order valence-corrected chi connectivity index (χ3v) is 6.97. The average Bonchev–Trinajstić information content (AvgIpc) is 3.10. The Hall–Kier alpha value is -3.14. The number of piperidine rings is 1. The molecular formula is C22H22F2N4O3S. The highest BCUT2D eigenvalue weighted by molar-refractivity contribution is 7.20. The van der Waals surface area contributed by atoms with Crippen LogP contribution >= 0.6 is 11.3 Å². The first kappa shape index (κ1) is 22.1. The third kappa shape index (κ3) is 4.14. The first-order chi connectivity index (χ1) is 15.3. The Kier molecular flexibility index (Phi) is 6.05. The van der Waals surface area contributed by atoms with Crippen LogP contribution in [0.3, 0.4) is 0 Å². The van der Waals surface area contributed by atoms with Crippen LogP contribution in [0.5, 0.6) is 0 Å². The second-order valence-corrected chi connectivity index (χ2v) is 9.03. The molecule has 1 fully saturated rings. The van der Waals surface area contributed by atoms with Gasteiger partial charge in [-0.25, -0.2) is 13.8 Å². The van der Waals surface area contributed by atoms with E-state index in [1.165, 1.54) is 17.0 Å². The van der Waals surface area contributed by atoms with Crippen LogP contribution in [0, 0.1) is 24.5 Å². The Labute approximate surface area is 186 Å². The molecule has 7 nitrogen and oxygen atoms in total. The summed E-state index contributed by atoms with van der Waals surface area (Å²) in [5.74, 6) is -2.11. The van der Waals surface area contributed by atoms with Gasteiger partial charge in [-0.2, -0.15) is 0 Å². The maximum atomic E-state index is 13.9. The summed E-state index contributed by atoms with van der Waals surface area (Å²) in [4.78, 5) is 44.8. The van der Waals surface area contributed by atoms with Crippen molar-refractivity contribution in [1.82, 2.24) is 14.5 Å². The number of carbonyl (C=O) groups is 2. The number of nitrogens with one attached hydrogen (secondary N) is 1. The van der Waals surface area contributed by atoms with Crippen molar-refractivity contribution >= 4 is 39.1 Å². The van der Waals surface area contributed by atoms with Crippen LogP contribution in [0.1, 0.15) is 35.0 Å².